The van der Waals surface area contributed by atoms with E-state index < -0.39 is 11.5 Å². The number of hydrogen-bond acceptors (Lipinski definition) is 4. The Balaban J connectivity index is 2.12. The minimum atomic E-state index is -1.26. The van der Waals surface area contributed by atoms with E-state index in [1.54, 1.807) is 12.1 Å². The zero-order chi connectivity index (χ0) is 14.8. The number of carbonyl (C=O) groups is 1. The minimum Gasteiger partial charge on any atom is -0.477 e. The molecule has 3 rings (SSSR count). The predicted octanol–water partition coefficient (Wildman–Crippen LogP) is 2.02. The second-order valence-corrected chi connectivity index (χ2v) is 4.96. The van der Waals surface area contributed by atoms with Gasteiger partial charge in [-0.05, 0) is 25.0 Å². The molecule has 0 amide bonds. The van der Waals surface area contributed by atoms with Gasteiger partial charge in [-0.15, -0.1) is 0 Å². The lowest BCUT2D eigenvalue weighted by Gasteiger charge is -2.19. The van der Waals surface area contributed by atoms with E-state index in [1.807, 2.05) is 18.2 Å². The van der Waals surface area contributed by atoms with Crippen LogP contribution in [-0.2, 0) is 13.0 Å². The summed E-state index contributed by atoms with van der Waals surface area (Å²) in [6.45, 7) is 0.535. The fourth-order valence-corrected chi connectivity index (χ4v) is 2.51. The van der Waals surface area contributed by atoms with Crippen molar-refractivity contribution < 1.29 is 9.90 Å². The number of fused-ring (bicyclic) bond motifs is 1. The quantitative estimate of drug-likeness (QED) is 0.901. The maximum Gasteiger partial charge on any atom is 0.345 e. The molecule has 0 radical (unpaired) electrons. The molecule has 0 unspecified atom stereocenters. The monoisotopic (exact) mass is 285 g/mol. The molecule has 0 spiro atoms. The second-order valence-electron chi connectivity index (χ2n) is 4.96. The van der Waals surface area contributed by atoms with Crippen LogP contribution in [0.3, 0.4) is 0 Å². The van der Waals surface area contributed by atoms with Gasteiger partial charge in [0, 0.05) is 18.7 Å². The number of carboxylic acids is 1. The van der Waals surface area contributed by atoms with Crippen molar-refractivity contribution in [1.82, 2.24) is 9.55 Å². The van der Waals surface area contributed by atoms with Gasteiger partial charge in [0.15, 0.2) is 11.4 Å². The number of aromatic carboxylic acids is 1. The lowest BCUT2D eigenvalue weighted by Crippen LogP contribution is -2.33. The summed E-state index contributed by atoms with van der Waals surface area (Å²) in [4.78, 5) is 28.2. The molecule has 2 aromatic rings. The number of benzene rings is 1. The zero-order valence-corrected chi connectivity index (χ0v) is 11.4. The summed E-state index contributed by atoms with van der Waals surface area (Å²) in [5.41, 5.74) is -0.0807. The molecule has 21 heavy (non-hydrogen) atoms. The number of aromatic nitrogens is 2. The maximum atomic E-state index is 12.4. The largest absolute Gasteiger partial charge is 0.477 e. The fourth-order valence-electron chi connectivity index (χ4n) is 2.51. The number of nitrogens with zero attached hydrogens (tertiary/aromatic N) is 2. The lowest BCUT2D eigenvalue weighted by molar-refractivity contribution is 0.0694. The van der Waals surface area contributed by atoms with Crippen LogP contribution in [0.1, 0.15) is 29.0 Å². The van der Waals surface area contributed by atoms with Gasteiger partial charge in [-0.1, -0.05) is 18.2 Å². The Kier molecular flexibility index (Phi) is 3.43. The van der Waals surface area contributed by atoms with Crippen LogP contribution in [0.2, 0.25) is 0 Å². The maximum absolute atomic E-state index is 12.4. The number of nitrogens with one attached hydrogen (secondary N) is 1. The van der Waals surface area contributed by atoms with Crippen LogP contribution in [0, 0.1) is 0 Å². The van der Waals surface area contributed by atoms with Gasteiger partial charge in [-0.2, -0.15) is 0 Å². The zero-order valence-electron chi connectivity index (χ0n) is 11.4. The normalized spacial score (nSPS) is 13.5. The topological polar surface area (TPSA) is 84.2 Å². The molecule has 1 aliphatic heterocycles. The highest BCUT2D eigenvalue weighted by Crippen LogP contribution is 2.19. The number of rotatable bonds is 3. The Morgan fingerprint density at radius 2 is 2.00 bits per heavy atom. The Morgan fingerprint density at radius 1 is 1.24 bits per heavy atom. The Morgan fingerprint density at radius 3 is 2.71 bits per heavy atom. The molecular formula is C15H15N3O3. The molecule has 6 nitrogen and oxygen atoms in total. The Labute approximate surface area is 121 Å². The standard InChI is InChI=1S/C15H15N3O3/c19-14-12(15(20)21)13(16-10-6-2-1-3-7-10)17-11-8-4-5-9-18(11)14/h1-3,6-7,16H,4-5,8-9H2,(H,20,21). The Bertz CT molecular complexity index is 738. The second kappa shape index (κ2) is 5.40. The highest BCUT2D eigenvalue weighted by Gasteiger charge is 2.23. The van der Waals surface area contributed by atoms with Gasteiger partial charge < -0.3 is 10.4 Å². The average Bonchev–Trinajstić information content (AvgIpc) is 2.48. The average molecular weight is 285 g/mol. The highest BCUT2D eigenvalue weighted by molar-refractivity contribution is 5.93. The van der Waals surface area contributed by atoms with Gasteiger partial charge in [0.2, 0.25) is 0 Å². The van der Waals surface area contributed by atoms with Gasteiger partial charge in [0.1, 0.15) is 5.82 Å². The number of anilines is 2. The first kappa shape index (κ1) is 13.4. The molecule has 2 N–H and O–H groups in total. The van der Waals surface area contributed by atoms with Crippen molar-refractivity contribution in [3.8, 4) is 0 Å². The molecule has 108 valence electrons. The third-order valence-corrected chi connectivity index (χ3v) is 3.53. The molecule has 0 bridgehead atoms. The van der Waals surface area contributed by atoms with E-state index in [4.69, 9.17) is 0 Å². The molecule has 6 heteroatoms. The van der Waals surface area contributed by atoms with E-state index >= 15 is 0 Å². The van der Waals surface area contributed by atoms with Crippen molar-refractivity contribution in [1.29, 1.82) is 0 Å². The van der Waals surface area contributed by atoms with Crippen LogP contribution in [-0.4, -0.2) is 20.6 Å². The van der Waals surface area contributed by atoms with E-state index in [-0.39, 0.29) is 11.4 Å². The molecule has 2 heterocycles. The third-order valence-electron chi connectivity index (χ3n) is 3.53. The van der Waals surface area contributed by atoms with Crippen molar-refractivity contribution in [2.75, 3.05) is 5.32 Å². The van der Waals surface area contributed by atoms with Crippen LogP contribution in [0.5, 0.6) is 0 Å². The molecule has 0 aliphatic carbocycles. The SMILES string of the molecule is O=C(O)c1c(Nc2ccccc2)nc2n(c1=O)CCCC2. The first-order chi connectivity index (χ1) is 10.2. The van der Waals surface area contributed by atoms with Crippen molar-refractivity contribution in [3.63, 3.8) is 0 Å². The number of aryl methyl sites for hydroxylation is 1. The molecule has 0 saturated carbocycles. The molecule has 0 atom stereocenters. The van der Waals surface area contributed by atoms with Gasteiger partial charge in [-0.25, -0.2) is 9.78 Å². The summed E-state index contributed by atoms with van der Waals surface area (Å²) < 4.78 is 1.48. The van der Waals surface area contributed by atoms with Crippen LogP contribution in [0.25, 0.3) is 0 Å². The molecular weight excluding hydrogens is 270 g/mol. The molecule has 1 aromatic carbocycles. The highest BCUT2D eigenvalue weighted by atomic mass is 16.4. The van der Waals surface area contributed by atoms with E-state index in [9.17, 15) is 14.7 Å². The van der Waals surface area contributed by atoms with E-state index in [1.165, 1.54) is 4.57 Å². The summed E-state index contributed by atoms with van der Waals surface area (Å²) in [6.07, 6.45) is 2.53. The predicted molar refractivity (Wildman–Crippen MR) is 78.1 cm³/mol. The minimum absolute atomic E-state index is 0.117. The first-order valence-corrected chi connectivity index (χ1v) is 6.86. The number of para-hydroxylation sites is 1. The summed E-state index contributed by atoms with van der Waals surface area (Å²) in [5, 5.41) is 12.3. The molecule has 0 fully saturated rings. The van der Waals surface area contributed by atoms with Crippen LogP contribution in [0.15, 0.2) is 35.1 Å². The summed E-state index contributed by atoms with van der Waals surface area (Å²) >= 11 is 0. The smallest absolute Gasteiger partial charge is 0.345 e. The van der Waals surface area contributed by atoms with Crippen LogP contribution in [0.4, 0.5) is 11.5 Å². The third kappa shape index (κ3) is 2.52. The lowest BCUT2D eigenvalue weighted by atomic mass is 10.1. The van der Waals surface area contributed by atoms with Gasteiger partial charge in [0.25, 0.3) is 5.56 Å². The molecule has 1 aromatic heterocycles. The summed E-state index contributed by atoms with van der Waals surface area (Å²) in [5.74, 6) is -0.492. The van der Waals surface area contributed by atoms with Gasteiger partial charge >= 0.3 is 5.97 Å². The van der Waals surface area contributed by atoms with Crippen LogP contribution < -0.4 is 10.9 Å². The fraction of sp³-hybridized carbons (Fsp3) is 0.267. The number of carboxylic acid groups (broad SMARTS) is 1. The van der Waals surface area contributed by atoms with E-state index in [0.29, 0.717) is 24.5 Å². The van der Waals surface area contributed by atoms with Crippen LogP contribution >= 0.6 is 0 Å². The van der Waals surface area contributed by atoms with Gasteiger partial charge in [-0.3, -0.25) is 9.36 Å². The molecule has 1 aliphatic rings. The van der Waals surface area contributed by atoms with Crippen molar-refractivity contribution in [3.05, 3.63) is 52.1 Å². The summed E-state index contributed by atoms with van der Waals surface area (Å²) in [7, 11) is 0. The number of hydrogen-bond donors (Lipinski definition) is 2. The van der Waals surface area contributed by atoms with Crippen molar-refractivity contribution >= 4 is 17.5 Å². The van der Waals surface area contributed by atoms with Crippen molar-refractivity contribution in [2.24, 2.45) is 0 Å². The van der Waals surface area contributed by atoms with E-state index in [0.717, 1.165) is 12.8 Å². The van der Waals surface area contributed by atoms with E-state index in [2.05, 4.69) is 10.3 Å². The Hall–Kier alpha value is -2.63. The van der Waals surface area contributed by atoms with Crippen molar-refractivity contribution in [2.45, 2.75) is 25.8 Å². The molecule has 0 saturated heterocycles. The van der Waals surface area contributed by atoms with Gasteiger partial charge in [0.05, 0.1) is 0 Å². The first-order valence-electron chi connectivity index (χ1n) is 6.86. The summed E-state index contributed by atoms with van der Waals surface area (Å²) in [6, 6.07) is 9.11.